The lowest BCUT2D eigenvalue weighted by Crippen LogP contribution is -1.68. The van der Waals surface area contributed by atoms with Gasteiger partial charge in [0.2, 0.25) is 0 Å². The second-order valence-electron chi connectivity index (χ2n) is 1.72. The molecular weight excluding hydrogens is 140 g/mol. The predicted octanol–water partition coefficient (Wildman–Crippen LogP) is 2.49. The van der Waals surface area contributed by atoms with Crippen LogP contribution in [0, 0.1) is 4.83 Å². The maximum atomic E-state index is 3.45. The highest BCUT2D eigenvalue weighted by atomic mass is 79.9. The van der Waals surface area contributed by atoms with Gasteiger partial charge in [0.15, 0.2) is 20.8 Å². The Bertz CT molecular complexity index is 37.2. The molecule has 0 heterocycles. The summed E-state index contributed by atoms with van der Waals surface area (Å²) < 4.78 is 0. The number of halogens is 1. The van der Waals surface area contributed by atoms with Gasteiger partial charge in [0.1, 0.15) is 12.8 Å². The molecule has 0 radical (unpaired) electrons. The molecule has 6 heavy (non-hydrogen) atoms. The van der Waals surface area contributed by atoms with Crippen molar-refractivity contribution >= 4 is 15.9 Å². The minimum atomic E-state index is 1.32. The molecule has 0 atom stereocenters. The minimum absolute atomic E-state index is 1.32. The van der Waals surface area contributed by atoms with Gasteiger partial charge >= 0.3 is 0 Å². The van der Waals surface area contributed by atoms with E-state index in [0.717, 1.165) is 0 Å². The van der Waals surface area contributed by atoms with Crippen molar-refractivity contribution < 1.29 is 0 Å². The van der Waals surface area contributed by atoms with E-state index in [1.807, 2.05) is 0 Å². The second kappa shape index (κ2) is 1.87. The van der Waals surface area contributed by atoms with E-state index in [9.17, 15) is 0 Å². The zero-order valence-corrected chi connectivity index (χ0v) is 5.29. The summed E-state index contributed by atoms with van der Waals surface area (Å²) in [6.07, 6.45) is 5.45. The van der Waals surface area contributed by atoms with E-state index in [1.165, 1.54) is 30.5 Å². The van der Waals surface area contributed by atoms with Gasteiger partial charge in [0.05, 0.1) is 0 Å². The van der Waals surface area contributed by atoms with E-state index < -0.39 is 0 Å². The van der Waals surface area contributed by atoms with Crippen molar-refractivity contribution in [3.05, 3.63) is 4.83 Å². The molecule has 34 valence electrons. The molecule has 0 spiro atoms. The molecule has 0 nitrogen and oxygen atoms in total. The topological polar surface area (TPSA) is 0 Å². The summed E-state index contributed by atoms with van der Waals surface area (Å²) in [6, 6.07) is 0. The number of hydrogen-bond donors (Lipinski definition) is 0. The molecule has 0 aromatic heterocycles. The third-order valence-corrected chi connectivity index (χ3v) is 1.94. The van der Waals surface area contributed by atoms with Crippen LogP contribution in [0.4, 0.5) is 0 Å². The van der Waals surface area contributed by atoms with Crippen molar-refractivity contribution in [2.75, 3.05) is 0 Å². The lowest BCUT2D eigenvalue weighted by Gasteiger charge is -1.72. The summed E-state index contributed by atoms with van der Waals surface area (Å²) in [5.74, 6) is 0. The Morgan fingerprint density at radius 2 is 1.67 bits per heavy atom. The Labute approximate surface area is 47.1 Å². The van der Waals surface area contributed by atoms with Crippen LogP contribution in [-0.4, -0.2) is 0 Å². The summed E-state index contributed by atoms with van der Waals surface area (Å²) in [5, 5.41) is 0. The highest BCUT2D eigenvalue weighted by Gasteiger charge is 2.21. The van der Waals surface area contributed by atoms with E-state index in [0.29, 0.717) is 0 Å². The Hall–Kier alpha value is 0.350. The van der Waals surface area contributed by atoms with Gasteiger partial charge in [-0.3, -0.25) is 0 Å². The van der Waals surface area contributed by atoms with Gasteiger partial charge in [-0.2, -0.15) is 0 Å². The summed E-state index contributed by atoms with van der Waals surface area (Å²) >= 11 is 3.45. The van der Waals surface area contributed by atoms with Crippen molar-refractivity contribution in [2.45, 2.75) is 25.7 Å². The van der Waals surface area contributed by atoms with Crippen LogP contribution in [0.25, 0.3) is 0 Å². The largest absolute Gasteiger partial charge is 0.198 e. The van der Waals surface area contributed by atoms with Crippen LogP contribution in [0.2, 0.25) is 0 Å². The van der Waals surface area contributed by atoms with Gasteiger partial charge in [0.25, 0.3) is 0 Å². The summed E-state index contributed by atoms with van der Waals surface area (Å²) in [7, 11) is 0. The number of hydrogen-bond acceptors (Lipinski definition) is 0. The first-order valence-corrected chi connectivity index (χ1v) is 3.19. The molecule has 1 fully saturated rings. The summed E-state index contributed by atoms with van der Waals surface area (Å²) in [5.41, 5.74) is 0. The minimum Gasteiger partial charge on any atom is -0.00725 e. The maximum Gasteiger partial charge on any atom is 0.198 e. The van der Waals surface area contributed by atoms with Crippen molar-refractivity contribution in [1.29, 1.82) is 0 Å². The molecule has 0 aliphatic heterocycles. The Morgan fingerprint density at radius 1 is 1.17 bits per heavy atom. The first-order valence-electron chi connectivity index (χ1n) is 2.40. The average molecular weight is 148 g/mol. The fourth-order valence-corrected chi connectivity index (χ4v) is 1.32. The molecule has 0 amide bonds. The molecule has 1 saturated carbocycles. The molecule has 0 N–H and O–H groups in total. The SMILES string of the molecule is Br[C+]1CCCC1. The smallest absolute Gasteiger partial charge is 0.00725 e. The Morgan fingerprint density at radius 3 is 1.83 bits per heavy atom. The van der Waals surface area contributed by atoms with E-state index >= 15 is 0 Å². The van der Waals surface area contributed by atoms with Gasteiger partial charge in [0, 0.05) is 0 Å². The Kier molecular flexibility index (Phi) is 1.41. The fraction of sp³-hybridized carbons (Fsp3) is 0.800. The van der Waals surface area contributed by atoms with Crippen LogP contribution in [-0.2, 0) is 0 Å². The molecule has 0 bridgehead atoms. The fourth-order valence-electron chi connectivity index (χ4n) is 0.759. The van der Waals surface area contributed by atoms with E-state index in [2.05, 4.69) is 15.9 Å². The quantitative estimate of drug-likeness (QED) is 0.463. The molecule has 1 aliphatic rings. The van der Waals surface area contributed by atoms with Gasteiger partial charge in [-0.15, -0.1) is 0 Å². The van der Waals surface area contributed by atoms with E-state index in [4.69, 9.17) is 0 Å². The highest BCUT2D eigenvalue weighted by Crippen LogP contribution is 2.31. The van der Waals surface area contributed by atoms with Crippen LogP contribution >= 0.6 is 15.9 Å². The van der Waals surface area contributed by atoms with Gasteiger partial charge in [-0.25, -0.2) is 0 Å². The van der Waals surface area contributed by atoms with Crippen LogP contribution in [0.15, 0.2) is 0 Å². The molecule has 0 aromatic carbocycles. The van der Waals surface area contributed by atoms with Crippen LogP contribution in [0.5, 0.6) is 0 Å². The maximum absolute atomic E-state index is 3.45. The summed E-state index contributed by atoms with van der Waals surface area (Å²) in [4.78, 5) is 1.52. The molecule has 1 rings (SSSR count). The normalized spacial score (nSPS) is 22.5. The van der Waals surface area contributed by atoms with Crippen LogP contribution in [0.1, 0.15) is 25.7 Å². The first-order chi connectivity index (χ1) is 2.89. The van der Waals surface area contributed by atoms with E-state index in [-0.39, 0.29) is 0 Å². The molecule has 0 saturated heterocycles. The lowest BCUT2D eigenvalue weighted by atomic mass is 10.4. The standard InChI is InChI=1S/C5H8Br/c6-5-3-1-2-4-5/h1-4H2/q+1. The third-order valence-electron chi connectivity index (χ3n) is 1.15. The monoisotopic (exact) mass is 147 g/mol. The van der Waals surface area contributed by atoms with Crippen molar-refractivity contribution in [3.63, 3.8) is 0 Å². The molecular formula is C5H8Br+. The molecule has 1 aliphatic carbocycles. The molecule has 1 heteroatoms. The summed E-state index contributed by atoms with van der Waals surface area (Å²) in [6.45, 7) is 0. The van der Waals surface area contributed by atoms with Crippen molar-refractivity contribution in [1.82, 2.24) is 0 Å². The van der Waals surface area contributed by atoms with Crippen molar-refractivity contribution in [2.24, 2.45) is 0 Å². The van der Waals surface area contributed by atoms with Gasteiger partial charge in [-0.1, -0.05) is 0 Å². The second-order valence-corrected chi connectivity index (χ2v) is 2.85. The first kappa shape index (κ1) is 4.51. The molecule has 0 unspecified atom stereocenters. The van der Waals surface area contributed by atoms with Gasteiger partial charge in [-0.05, 0) is 12.8 Å². The highest BCUT2D eigenvalue weighted by molar-refractivity contribution is 9.11. The van der Waals surface area contributed by atoms with E-state index in [1.54, 1.807) is 0 Å². The predicted molar refractivity (Wildman–Crippen MR) is 30.6 cm³/mol. The lowest BCUT2D eigenvalue weighted by molar-refractivity contribution is 0.886. The third kappa shape index (κ3) is 0.904. The zero-order chi connectivity index (χ0) is 4.41. The van der Waals surface area contributed by atoms with Crippen molar-refractivity contribution in [3.8, 4) is 0 Å². The van der Waals surface area contributed by atoms with Gasteiger partial charge < -0.3 is 0 Å². The zero-order valence-electron chi connectivity index (χ0n) is 3.71. The molecule has 0 aromatic rings. The average Bonchev–Trinajstić information content (AvgIpc) is 1.86. The Balaban J connectivity index is 2.18. The number of rotatable bonds is 0. The van der Waals surface area contributed by atoms with Crippen LogP contribution < -0.4 is 0 Å². The van der Waals surface area contributed by atoms with Crippen LogP contribution in [0.3, 0.4) is 0 Å².